The van der Waals surface area contributed by atoms with Crippen molar-refractivity contribution in [1.29, 1.82) is 0 Å². The molecule has 0 aliphatic heterocycles. The topological polar surface area (TPSA) is 73.3 Å². The second kappa shape index (κ2) is 7.23. The molecule has 0 saturated heterocycles. The molecule has 0 aliphatic rings. The van der Waals surface area contributed by atoms with Crippen molar-refractivity contribution in [3.05, 3.63) is 76.3 Å². The molecule has 2 heterocycles. The van der Waals surface area contributed by atoms with E-state index in [1.54, 1.807) is 42.1 Å². The van der Waals surface area contributed by atoms with E-state index in [-0.39, 0.29) is 5.56 Å². The number of aromatic amines is 1. The third-order valence-electron chi connectivity index (χ3n) is 5.00. The average molecular weight is 376 g/mol. The van der Waals surface area contributed by atoms with Crippen LogP contribution >= 0.6 is 0 Å². The molecule has 0 atom stereocenters. The number of methoxy groups -OCH3 is 2. The molecule has 0 radical (unpaired) electrons. The molecule has 2 aromatic carbocycles. The quantitative estimate of drug-likeness (QED) is 0.541. The number of pyridine rings is 1. The van der Waals surface area contributed by atoms with Crippen LogP contribution in [0.25, 0.3) is 21.7 Å². The third kappa shape index (κ3) is 3.03. The van der Waals surface area contributed by atoms with E-state index in [9.17, 15) is 9.59 Å². The van der Waals surface area contributed by atoms with Gasteiger partial charge in [0.25, 0.3) is 5.56 Å². The first-order valence-corrected chi connectivity index (χ1v) is 8.97. The van der Waals surface area contributed by atoms with E-state index in [0.29, 0.717) is 29.3 Å². The maximum Gasteiger partial charge on any atom is 0.339 e. The molecule has 0 amide bonds. The number of nitrogens with zero attached hydrogens (tertiary/aromatic N) is 1. The molecule has 4 aromatic rings. The summed E-state index contributed by atoms with van der Waals surface area (Å²) in [6.07, 6.45) is 4.16. The molecule has 0 spiro atoms. The van der Waals surface area contributed by atoms with Gasteiger partial charge in [-0.05, 0) is 36.2 Å². The zero-order chi connectivity index (χ0) is 19.7. The highest BCUT2D eigenvalue weighted by Crippen LogP contribution is 2.24. The number of rotatable bonds is 5. The van der Waals surface area contributed by atoms with Crippen LogP contribution in [-0.4, -0.2) is 29.7 Å². The summed E-state index contributed by atoms with van der Waals surface area (Å²) in [4.78, 5) is 28.4. The molecule has 6 heteroatoms. The SMILES string of the molecule is COC(=O)c1cn(CCc2c[nH]c3ccc(OC)cc23)c(=O)c2ccccc12. The van der Waals surface area contributed by atoms with Gasteiger partial charge in [-0.25, -0.2) is 4.79 Å². The van der Waals surface area contributed by atoms with Crippen molar-refractivity contribution in [3.63, 3.8) is 0 Å². The number of nitrogens with one attached hydrogen (secondary N) is 1. The molecular formula is C22H20N2O4. The molecule has 0 aliphatic carbocycles. The maximum atomic E-state index is 12.9. The smallest absolute Gasteiger partial charge is 0.339 e. The van der Waals surface area contributed by atoms with Gasteiger partial charge in [0.05, 0.1) is 19.8 Å². The Labute approximate surface area is 161 Å². The van der Waals surface area contributed by atoms with Gasteiger partial charge in [0.15, 0.2) is 0 Å². The van der Waals surface area contributed by atoms with E-state index in [2.05, 4.69) is 4.98 Å². The van der Waals surface area contributed by atoms with Gasteiger partial charge in [0.2, 0.25) is 0 Å². The van der Waals surface area contributed by atoms with E-state index >= 15 is 0 Å². The Hall–Kier alpha value is -3.54. The van der Waals surface area contributed by atoms with Crippen LogP contribution in [-0.2, 0) is 17.7 Å². The van der Waals surface area contributed by atoms with Crippen LogP contribution in [0.3, 0.4) is 0 Å². The van der Waals surface area contributed by atoms with Crippen molar-refractivity contribution >= 4 is 27.6 Å². The lowest BCUT2D eigenvalue weighted by Gasteiger charge is -2.11. The number of fused-ring (bicyclic) bond motifs is 2. The number of H-pyrrole nitrogens is 1. The summed E-state index contributed by atoms with van der Waals surface area (Å²) in [5.74, 6) is 0.325. The van der Waals surface area contributed by atoms with Crippen LogP contribution in [0.15, 0.2) is 59.7 Å². The highest BCUT2D eigenvalue weighted by Gasteiger charge is 2.15. The predicted molar refractivity (Wildman–Crippen MR) is 108 cm³/mol. The molecule has 0 fully saturated rings. The Bertz CT molecular complexity index is 1240. The maximum absolute atomic E-state index is 12.9. The summed E-state index contributed by atoms with van der Waals surface area (Å²) in [6.45, 7) is 0.442. The van der Waals surface area contributed by atoms with Gasteiger partial charge >= 0.3 is 5.97 Å². The van der Waals surface area contributed by atoms with Gasteiger partial charge in [-0.3, -0.25) is 4.79 Å². The van der Waals surface area contributed by atoms with Crippen LogP contribution < -0.4 is 10.3 Å². The minimum absolute atomic E-state index is 0.124. The Kier molecular flexibility index (Phi) is 4.61. The first-order valence-electron chi connectivity index (χ1n) is 8.97. The van der Waals surface area contributed by atoms with Crippen LogP contribution in [0.1, 0.15) is 15.9 Å². The summed E-state index contributed by atoms with van der Waals surface area (Å²) < 4.78 is 11.8. The van der Waals surface area contributed by atoms with Crippen molar-refractivity contribution in [1.82, 2.24) is 9.55 Å². The number of carbonyl (C=O) groups excluding carboxylic acids is 1. The molecule has 0 unspecified atom stereocenters. The fourth-order valence-corrected chi connectivity index (χ4v) is 3.51. The molecule has 28 heavy (non-hydrogen) atoms. The average Bonchev–Trinajstić information content (AvgIpc) is 3.15. The number of hydrogen-bond acceptors (Lipinski definition) is 4. The van der Waals surface area contributed by atoms with E-state index in [1.165, 1.54) is 7.11 Å². The Balaban J connectivity index is 1.73. The highest BCUT2D eigenvalue weighted by molar-refractivity contribution is 6.03. The number of aryl methyl sites for hydroxylation is 2. The van der Waals surface area contributed by atoms with Crippen molar-refractivity contribution in [2.75, 3.05) is 14.2 Å². The second-order valence-electron chi connectivity index (χ2n) is 6.55. The number of benzene rings is 2. The van der Waals surface area contributed by atoms with E-state index in [4.69, 9.17) is 9.47 Å². The highest BCUT2D eigenvalue weighted by atomic mass is 16.5. The molecule has 4 rings (SSSR count). The lowest BCUT2D eigenvalue weighted by Crippen LogP contribution is -2.23. The summed E-state index contributed by atoms with van der Waals surface area (Å²) >= 11 is 0. The van der Waals surface area contributed by atoms with Gasteiger partial charge in [-0.15, -0.1) is 0 Å². The van der Waals surface area contributed by atoms with E-state index in [1.807, 2.05) is 24.4 Å². The molecule has 6 nitrogen and oxygen atoms in total. The number of esters is 1. The molecular weight excluding hydrogens is 356 g/mol. The standard InChI is InChI=1S/C22H20N2O4/c1-27-15-7-8-20-18(11-15)14(12-23-20)9-10-24-13-19(22(26)28-2)16-5-3-4-6-17(16)21(24)25/h3-8,11-13,23H,9-10H2,1-2H3. The number of ether oxygens (including phenoxy) is 2. The second-order valence-corrected chi connectivity index (χ2v) is 6.55. The van der Waals surface area contributed by atoms with E-state index < -0.39 is 5.97 Å². The van der Waals surface area contributed by atoms with Crippen LogP contribution in [0.4, 0.5) is 0 Å². The summed E-state index contributed by atoms with van der Waals surface area (Å²) in [7, 11) is 2.97. The first kappa shape index (κ1) is 17.9. The largest absolute Gasteiger partial charge is 0.497 e. The van der Waals surface area contributed by atoms with Crippen molar-refractivity contribution in [2.45, 2.75) is 13.0 Å². The molecule has 2 aromatic heterocycles. The summed E-state index contributed by atoms with van der Waals surface area (Å²) in [5.41, 5.74) is 2.35. The molecule has 0 saturated carbocycles. The number of aromatic nitrogens is 2. The van der Waals surface area contributed by atoms with Gasteiger partial charge in [0, 0.05) is 40.6 Å². The van der Waals surface area contributed by atoms with Crippen molar-refractivity contribution in [2.24, 2.45) is 0 Å². The lowest BCUT2D eigenvalue weighted by atomic mass is 10.1. The monoisotopic (exact) mass is 376 g/mol. The Morgan fingerprint density at radius 2 is 1.86 bits per heavy atom. The van der Waals surface area contributed by atoms with Crippen LogP contribution in [0.2, 0.25) is 0 Å². The molecule has 0 bridgehead atoms. The van der Waals surface area contributed by atoms with Crippen LogP contribution in [0, 0.1) is 0 Å². The van der Waals surface area contributed by atoms with Gasteiger partial charge in [0.1, 0.15) is 5.75 Å². The Morgan fingerprint density at radius 3 is 2.61 bits per heavy atom. The minimum Gasteiger partial charge on any atom is -0.497 e. The minimum atomic E-state index is -0.457. The fourth-order valence-electron chi connectivity index (χ4n) is 3.51. The Morgan fingerprint density at radius 1 is 1.07 bits per heavy atom. The molecule has 1 N–H and O–H groups in total. The number of carbonyl (C=O) groups is 1. The zero-order valence-corrected chi connectivity index (χ0v) is 15.7. The third-order valence-corrected chi connectivity index (χ3v) is 5.00. The fraction of sp³-hybridized carbons (Fsp3) is 0.182. The van der Waals surface area contributed by atoms with Crippen molar-refractivity contribution < 1.29 is 14.3 Å². The predicted octanol–water partition coefficient (Wildman–Crippen LogP) is 3.52. The van der Waals surface area contributed by atoms with Crippen molar-refractivity contribution in [3.8, 4) is 5.75 Å². The van der Waals surface area contributed by atoms with E-state index in [0.717, 1.165) is 22.2 Å². The van der Waals surface area contributed by atoms with Gasteiger partial charge < -0.3 is 19.0 Å². The van der Waals surface area contributed by atoms with Gasteiger partial charge in [-0.1, -0.05) is 18.2 Å². The number of hydrogen-bond donors (Lipinski definition) is 1. The summed E-state index contributed by atoms with van der Waals surface area (Å²) in [5, 5.41) is 2.17. The van der Waals surface area contributed by atoms with Crippen LogP contribution in [0.5, 0.6) is 5.75 Å². The first-order chi connectivity index (χ1) is 13.6. The zero-order valence-electron chi connectivity index (χ0n) is 15.7. The lowest BCUT2D eigenvalue weighted by molar-refractivity contribution is 0.0602. The normalized spacial score (nSPS) is 11.1. The van der Waals surface area contributed by atoms with Gasteiger partial charge in [-0.2, -0.15) is 0 Å². The summed E-state index contributed by atoms with van der Waals surface area (Å²) in [6, 6.07) is 12.9. The molecule has 142 valence electrons.